The number of carbonyl (C=O) groups excluding carboxylic acids is 4. The quantitative estimate of drug-likeness (QED) is 0.344. The van der Waals surface area contributed by atoms with Crippen LogP contribution in [0.3, 0.4) is 0 Å². The van der Waals surface area contributed by atoms with E-state index in [-0.39, 0.29) is 12.4 Å². The zero-order valence-corrected chi connectivity index (χ0v) is 23.9. The van der Waals surface area contributed by atoms with Gasteiger partial charge in [0, 0.05) is 6.20 Å². The van der Waals surface area contributed by atoms with Gasteiger partial charge in [0.25, 0.3) is 0 Å². The van der Waals surface area contributed by atoms with Crippen molar-refractivity contribution in [1.82, 2.24) is 20.2 Å². The van der Waals surface area contributed by atoms with E-state index in [0.29, 0.717) is 18.4 Å². The van der Waals surface area contributed by atoms with Crippen LogP contribution in [0, 0.1) is 0 Å². The minimum absolute atomic E-state index is 0.215. The zero-order chi connectivity index (χ0) is 29.2. The Balaban J connectivity index is 2.17. The molecule has 0 radical (unpaired) electrons. The number of benzene rings is 1. The number of anilines is 1. The molecule has 0 saturated heterocycles. The van der Waals surface area contributed by atoms with Gasteiger partial charge in [0.1, 0.15) is 17.2 Å². The number of ether oxygens (including phenoxy) is 2. The molecule has 1 aromatic carbocycles. The van der Waals surface area contributed by atoms with Gasteiger partial charge in [0.05, 0.1) is 12.9 Å². The Morgan fingerprint density at radius 3 is 2.28 bits per heavy atom. The lowest BCUT2D eigenvalue weighted by molar-refractivity contribution is -0.145. The lowest BCUT2D eigenvalue weighted by atomic mass is 10.0. The molecule has 1 heterocycles. The van der Waals surface area contributed by atoms with Crippen LogP contribution in [0.4, 0.5) is 10.6 Å². The smallest absolute Gasteiger partial charge is 0.408 e. The van der Waals surface area contributed by atoms with Crippen molar-refractivity contribution in [3.8, 4) is 0 Å². The molecule has 0 aliphatic rings. The predicted octanol–water partition coefficient (Wildman–Crippen LogP) is 3.95. The van der Waals surface area contributed by atoms with E-state index in [1.807, 2.05) is 37.3 Å². The average molecular weight is 544 g/mol. The first kappa shape index (κ1) is 31.3. The maximum atomic E-state index is 13.2. The number of amides is 3. The Labute approximate surface area is 230 Å². The minimum atomic E-state index is -1.34. The minimum Gasteiger partial charge on any atom is -0.464 e. The number of carbonyl (C=O) groups is 4. The summed E-state index contributed by atoms with van der Waals surface area (Å²) >= 11 is 0. The SMILES string of the molecule is CCCC[C@@H](NC(=O)C(C)(C)NC(=O)OC(C)(C)C)C(=O)Nc1cn(C(C(=O)OCC)c2ccccc2)cn1. The molecule has 2 rings (SSSR count). The van der Waals surface area contributed by atoms with E-state index in [1.165, 1.54) is 20.2 Å². The molecule has 11 nitrogen and oxygen atoms in total. The second kappa shape index (κ2) is 13.8. The van der Waals surface area contributed by atoms with Gasteiger partial charge in [0.15, 0.2) is 11.9 Å². The first-order valence-electron chi connectivity index (χ1n) is 13.2. The van der Waals surface area contributed by atoms with Crippen molar-refractivity contribution < 1.29 is 28.7 Å². The lowest BCUT2D eigenvalue weighted by Crippen LogP contribution is -2.58. The van der Waals surface area contributed by atoms with Crippen molar-refractivity contribution in [2.45, 2.75) is 91.0 Å². The molecule has 0 aliphatic heterocycles. The molecule has 0 aliphatic carbocycles. The molecule has 0 saturated carbocycles. The van der Waals surface area contributed by atoms with Crippen LogP contribution in [0.5, 0.6) is 0 Å². The largest absolute Gasteiger partial charge is 0.464 e. The van der Waals surface area contributed by atoms with E-state index < -0.39 is 47.1 Å². The van der Waals surface area contributed by atoms with Crippen molar-refractivity contribution in [2.75, 3.05) is 11.9 Å². The fourth-order valence-corrected chi connectivity index (χ4v) is 3.67. The van der Waals surface area contributed by atoms with Crippen LogP contribution in [-0.2, 0) is 23.9 Å². The van der Waals surface area contributed by atoms with Gasteiger partial charge >= 0.3 is 12.1 Å². The average Bonchev–Trinajstić information content (AvgIpc) is 3.28. The third kappa shape index (κ3) is 9.73. The van der Waals surface area contributed by atoms with Crippen LogP contribution in [0.25, 0.3) is 0 Å². The molecule has 2 atom stereocenters. The van der Waals surface area contributed by atoms with Crippen LogP contribution < -0.4 is 16.0 Å². The summed E-state index contributed by atoms with van der Waals surface area (Å²) in [5.41, 5.74) is -1.35. The standard InChI is InChI=1S/C28H41N5O6/c1-8-10-16-20(30-25(36)28(6,7)32-26(37)39-27(3,4)5)23(34)31-21-17-33(18-29-21)22(24(35)38-9-2)19-14-12-11-13-15-19/h11-15,17-18,20,22H,8-10,16H2,1-7H3,(H,30,36)(H,31,34)(H,32,37)/t20-,22?/m1/s1. The lowest BCUT2D eigenvalue weighted by Gasteiger charge is -2.29. The Kier molecular flexibility index (Phi) is 11.1. The van der Waals surface area contributed by atoms with Crippen LogP contribution in [0.15, 0.2) is 42.9 Å². The van der Waals surface area contributed by atoms with Gasteiger partial charge in [-0.05, 0) is 53.5 Å². The third-order valence-electron chi connectivity index (χ3n) is 5.63. The number of nitrogens with one attached hydrogen (secondary N) is 3. The van der Waals surface area contributed by atoms with Crippen LogP contribution in [0.1, 0.15) is 79.3 Å². The Bertz CT molecular complexity index is 1120. The molecule has 3 amide bonds. The zero-order valence-electron chi connectivity index (χ0n) is 23.9. The van der Waals surface area contributed by atoms with Gasteiger partial charge in [-0.1, -0.05) is 50.1 Å². The first-order chi connectivity index (χ1) is 18.3. The van der Waals surface area contributed by atoms with Gasteiger partial charge in [-0.2, -0.15) is 0 Å². The molecule has 11 heteroatoms. The van der Waals surface area contributed by atoms with Crippen molar-refractivity contribution in [3.05, 3.63) is 48.4 Å². The highest BCUT2D eigenvalue weighted by atomic mass is 16.6. The molecule has 214 valence electrons. The first-order valence-corrected chi connectivity index (χ1v) is 13.2. The number of hydrogen-bond donors (Lipinski definition) is 3. The number of unbranched alkanes of at least 4 members (excludes halogenated alkanes) is 1. The highest BCUT2D eigenvalue weighted by Gasteiger charge is 2.34. The van der Waals surface area contributed by atoms with E-state index in [1.54, 1.807) is 38.5 Å². The Morgan fingerprint density at radius 1 is 1.03 bits per heavy atom. The second-order valence-corrected chi connectivity index (χ2v) is 10.7. The van der Waals surface area contributed by atoms with Gasteiger partial charge in [0.2, 0.25) is 11.8 Å². The Hall–Kier alpha value is -3.89. The number of alkyl carbamates (subject to hydrolysis) is 1. The summed E-state index contributed by atoms with van der Waals surface area (Å²) in [5.74, 6) is -1.25. The van der Waals surface area contributed by atoms with E-state index in [2.05, 4.69) is 20.9 Å². The van der Waals surface area contributed by atoms with Gasteiger partial charge in [-0.15, -0.1) is 0 Å². The van der Waals surface area contributed by atoms with Crippen molar-refractivity contribution in [1.29, 1.82) is 0 Å². The topological polar surface area (TPSA) is 141 Å². The summed E-state index contributed by atoms with van der Waals surface area (Å²) in [5, 5.41) is 8.02. The van der Waals surface area contributed by atoms with Gasteiger partial charge in [-0.3, -0.25) is 9.59 Å². The summed E-state index contributed by atoms with van der Waals surface area (Å²) in [6.07, 6.45) is 4.12. The Morgan fingerprint density at radius 2 is 1.69 bits per heavy atom. The summed E-state index contributed by atoms with van der Waals surface area (Å²) in [7, 11) is 0. The van der Waals surface area contributed by atoms with E-state index in [9.17, 15) is 19.2 Å². The highest BCUT2D eigenvalue weighted by molar-refractivity contribution is 5.98. The van der Waals surface area contributed by atoms with Crippen LogP contribution in [0.2, 0.25) is 0 Å². The molecule has 0 fully saturated rings. The fourth-order valence-electron chi connectivity index (χ4n) is 3.67. The molecule has 3 N–H and O–H groups in total. The monoisotopic (exact) mass is 543 g/mol. The number of hydrogen-bond acceptors (Lipinski definition) is 7. The third-order valence-corrected chi connectivity index (χ3v) is 5.63. The molecule has 1 unspecified atom stereocenters. The number of aromatic nitrogens is 2. The highest BCUT2D eigenvalue weighted by Crippen LogP contribution is 2.22. The number of nitrogens with zero attached hydrogens (tertiary/aromatic N) is 2. The molecule has 0 bridgehead atoms. The summed E-state index contributed by atoms with van der Waals surface area (Å²) < 4.78 is 12.1. The second-order valence-electron chi connectivity index (χ2n) is 10.7. The predicted molar refractivity (Wildman–Crippen MR) is 147 cm³/mol. The maximum absolute atomic E-state index is 13.2. The molecule has 39 heavy (non-hydrogen) atoms. The van der Waals surface area contributed by atoms with Gasteiger partial charge in [-0.25, -0.2) is 14.6 Å². The summed E-state index contributed by atoms with van der Waals surface area (Å²) in [6.45, 7) is 12.2. The molecular weight excluding hydrogens is 502 g/mol. The van der Waals surface area contributed by atoms with Crippen LogP contribution >= 0.6 is 0 Å². The number of rotatable bonds is 12. The number of esters is 1. The van der Waals surface area contributed by atoms with Gasteiger partial charge < -0.3 is 30.0 Å². The van der Waals surface area contributed by atoms with E-state index in [4.69, 9.17) is 9.47 Å². The maximum Gasteiger partial charge on any atom is 0.408 e. The van der Waals surface area contributed by atoms with Crippen molar-refractivity contribution in [3.63, 3.8) is 0 Å². The molecular formula is C28H41N5O6. The molecule has 0 spiro atoms. The molecule has 1 aromatic heterocycles. The van der Waals surface area contributed by atoms with Crippen molar-refractivity contribution >= 4 is 29.7 Å². The van der Waals surface area contributed by atoms with E-state index in [0.717, 1.165) is 6.42 Å². The normalized spacial score (nSPS) is 13.1. The van der Waals surface area contributed by atoms with Crippen LogP contribution in [-0.4, -0.2) is 57.2 Å². The van der Waals surface area contributed by atoms with E-state index >= 15 is 0 Å². The summed E-state index contributed by atoms with van der Waals surface area (Å²) in [4.78, 5) is 55.4. The summed E-state index contributed by atoms with van der Waals surface area (Å²) in [6, 6.07) is 7.45. The molecule has 2 aromatic rings. The number of imidazole rings is 1. The fraction of sp³-hybridized carbons (Fsp3) is 0.536. The van der Waals surface area contributed by atoms with Crippen molar-refractivity contribution in [2.24, 2.45) is 0 Å².